The minimum atomic E-state index is -0.743. The molecule has 0 atom stereocenters. The summed E-state index contributed by atoms with van der Waals surface area (Å²) in [4.78, 5) is 26.1. The van der Waals surface area contributed by atoms with E-state index in [1.807, 2.05) is 0 Å². The number of rotatable bonds is 4. The first-order chi connectivity index (χ1) is 9.96. The van der Waals surface area contributed by atoms with Gasteiger partial charge in [-0.1, -0.05) is 0 Å². The Bertz CT molecular complexity index is 587. The lowest BCUT2D eigenvalue weighted by atomic mass is 10.00. The Morgan fingerprint density at radius 1 is 1.48 bits per heavy atom. The summed E-state index contributed by atoms with van der Waals surface area (Å²) in [5.74, 6) is -0.483. The molecule has 0 aromatic carbocycles. The molecule has 112 valence electrons. The van der Waals surface area contributed by atoms with E-state index in [9.17, 15) is 14.9 Å². The minimum Gasteiger partial charge on any atom is -0.336 e. The lowest BCUT2D eigenvalue weighted by Crippen LogP contribution is -2.49. The number of amides is 2. The first kappa shape index (κ1) is 16.0. The van der Waals surface area contributed by atoms with Crippen LogP contribution in [-0.4, -0.2) is 35.8 Å². The molecule has 1 aromatic heterocycles. The number of halogens is 1. The van der Waals surface area contributed by atoms with E-state index in [1.165, 1.54) is 16.2 Å². The highest BCUT2D eigenvalue weighted by Gasteiger charge is 2.35. The molecule has 1 heterocycles. The topological polar surface area (TPSA) is 73.2 Å². The third-order valence-electron chi connectivity index (χ3n) is 3.56. The summed E-state index contributed by atoms with van der Waals surface area (Å²) in [6, 6.07) is 5.73. The van der Waals surface area contributed by atoms with Crippen molar-refractivity contribution in [2.24, 2.45) is 0 Å². The second kappa shape index (κ2) is 6.58. The van der Waals surface area contributed by atoms with Crippen LogP contribution in [0.4, 0.5) is 0 Å². The van der Waals surface area contributed by atoms with Crippen LogP contribution in [0, 0.1) is 11.3 Å². The van der Waals surface area contributed by atoms with Crippen LogP contribution in [0.5, 0.6) is 0 Å². The van der Waals surface area contributed by atoms with Crippen LogP contribution in [0.25, 0.3) is 0 Å². The number of carbonyl (C=O) groups is 2. The monoisotopic (exact) mass is 369 g/mol. The van der Waals surface area contributed by atoms with Gasteiger partial charge in [-0.3, -0.25) is 9.59 Å². The predicted octanol–water partition coefficient (Wildman–Crippen LogP) is 2.54. The van der Waals surface area contributed by atoms with Gasteiger partial charge in [-0.15, -0.1) is 11.3 Å². The summed E-state index contributed by atoms with van der Waals surface area (Å²) in [6.07, 6.45) is 3.27. The fraction of sp³-hybridized carbons (Fsp3) is 0.500. The molecule has 5 nitrogen and oxygen atoms in total. The molecule has 21 heavy (non-hydrogen) atoms. The Hall–Kier alpha value is -1.39. The Balaban J connectivity index is 1.93. The Morgan fingerprint density at radius 3 is 2.67 bits per heavy atom. The number of thiophene rings is 1. The molecule has 2 amide bonds. The van der Waals surface area contributed by atoms with Crippen LogP contribution in [0.2, 0.25) is 0 Å². The maximum Gasteiger partial charge on any atom is 0.264 e. The second-order valence-electron chi connectivity index (χ2n) is 5.21. The van der Waals surface area contributed by atoms with Crippen molar-refractivity contribution in [2.45, 2.75) is 31.2 Å². The number of nitrogens with one attached hydrogen (secondary N) is 1. The molecule has 0 bridgehead atoms. The van der Waals surface area contributed by atoms with Gasteiger partial charge in [0.1, 0.15) is 5.54 Å². The highest BCUT2D eigenvalue weighted by atomic mass is 79.9. The van der Waals surface area contributed by atoms with Crippen LogP contribution < -0.4 is 5.32 Å². The number of carbonyl (C=O) groups excluding carboxylic acids is 2. The maximum absolute atomic E-state index is 12.2. The van der Waals surface area contributed by atoms with E-state index in [2.05, 4.69) is 27.3 Å². The number of nitriles is 1. The normalized spacial score (nSPS) is 16.2. The van der Waals surface area contributed by atoms with Crippen molar-refractivity contribution in [3.63, 3.8) is 0 Å². The maximum atomic E-state index is 12.2. The number of likely N-dealkylation sites (N-methyl/N-ethyl adjacent to an activating group) is 1. The smallest absolute Gasteiger partial charge is 0.264 e. The molecule has 0 unspecified atom stereocenters. The molecule has 1 saturated carbocycles. The van der Waals surface area contributed by atoms with Gasteiger partial charge in [0.15, 0.2) is 0 Å². The second-order valence-corrected chi connectivity index (χ2v) is 7.68. The van der Waals surface area contributed by atoms with Gasteiger partial charge in [0.25, 0.3) is 5.91 Å². The lowest BCUT2D eigenvalue weighted by Gasteiger charge is -2.24. The van der Waals surface area contributed by atoms with Crippen molar-refractivity contribution in [3.8, 4) is 6.07 Å². The molecule has 0 aliphatic heterocycles. The molecular formula is C14H16BrN3O2S. The van der Waals surface area contributed by atoms with Gasteiger partial charge in [0.2, 0.25) is 5.91 Å². The zero-order valence-electron chi connectivity index (χ0n) is 11.7. The van der Waals surface area contributed by atoms with Crippen molar-refractivity contribution in [3.05, 3.63) is 20.8 Å². The van der Waals surface area contributed by atoms with E-state index in [0.717, 1.165) is 16.6 Å². The van der Waals surface area contributed by atoms with E-state index in [1.54, 1.807) is 19.2 Å². The first-order valence-electron chi connectivity index (χ1n) is 6.69. The van der Waals surface area contributed by atoms with Gasteiger partial charge in [0.05, 0.1) is 21.3 Å². The molecule has 2 rings (SSSR count). The van der Waals surface area contributed by atoms with Crippen molar-refractivity contribution in [2.75, 3.05) is 13.6 Å². The number of nitrogens with zero attached hydrogens (tertiary/aromatic N) is 2. The van der Waals surface area contributed by atoms with Crippen molar-refractivity contribution in [1.82, 2.24) is 10.2 Å². The standard InChI is InChI=1S/C14H16BrN3O2S/c1-18(13(20)10-4-5-11(15)21-10)8-12(19)17-14(9-16)6-2-3-7-14/h4-5H,2-3,6-8H2,1H3,(H,17,19). The van der Waals surface area contributed by atoms with Crippen molar-refractivity contribution in [1.29, 1.82) is 5.26 Å². The molecule has 0 spiro atoms. The summed E-state index contributed by atoms with van der Waals surface area (Å²) >= 11 is 4.64. The van der Waals surface area contributed by atoms with E-state index in [-0.39, 0.29) is 18.4 Å². The van der Waals surface area contributed by atoms with Gasteiger partial charge in [-0.05, 0) is 53.7 Å². The Morgan fingerprint density at radius 2 is 2.14 bits per heavy atom. The minimum absolute atomic E-state index is 0.0439. The summed E-state index contributed by atoms with van der Waals surface area (Å²) in [7, 11) is 1.59. The van der Waals surface area contributed by atoms with Crippen LogP contribution in [0.1, 0.15) is 35.4 Å². The molecule has 0 saturated heterocycles. The third-order valence-corrected chi connectivity index (χ3v) is 5.17. The van der Waals surface area contributed by atoms with E-state index >= 15 is 0 Å². The molecule has 1 aromatic rings. The van der Waals surface area contributed by atoms with E-state index in [0.29, 0.717) is 17.7 Å². The van der Waals surface area contributed by atoms with Crippen molar-refractivity contribution < 1.29 is 9.59 Å². The SMILES string of the molecule is CN(CC(=O)NC1(C#N)CCCC1)C(=O)c1ccc(Br)s1. The summed E-state index contributed by atoms with van der Waals surface area (Å²) in [5, 5.41) is 12.0. The Kier molecular flexibility index (Phi) is 5.01. The highest BCUT2D eigenvalue weighted by Crippen LogP contribution is 2.28. The summed E-state index contributed by atoms with van der Waals surface area (Å²) in [6.45, 7) is -0.0439. The summed E-state index contributed by atoms with van der Waals surface area (Å²) < 4.78 is 0.873. The van der Waals surface area contributed by atoms with Crippen LogP contribution >= 0.6 is 27.3 Å². The van der Waals surface area contributed by atoms with Crippen LogP contribution in [-0.2, 0) is 4.79 Å². The van der Waals surface area contributed by atoms with Gasteiger partial charge >= 0.3 is 0 Å². The molecular weight excluding hydrogens is 354 g/mol. The molecule has 1 N–H and O–H groups in total. The predicted molar refractivity (Wildman–Crippen MR) is 83.9 cm³/mol. The molecule has 1 aliphatic rings. The van der Waals surface area contributed by atoms with Crippen molar-refractivity contribution >= 4 is 39.1 Å². The zero-order valence-corrected chi connectivity index (χ0v) is 14.1. The summed E-state index contributed by atoms with van der Waals surface area (Å²) in [5.41, 5.74) is -0.743. The number of hydrogen-bond donors (Lipinski definition) is 1. The van der Waals surface area contributed by atoms with Gasteiger partial charge in [-0.2, -0.15) is 5.26 Å². The highest BCUT2D eigenvalue weighted by molar-refractivity contribution is 9.11. The fourth-order valence-corrected chi connectivity index (χ4v) is 3.84. The van der Waals surface area contributed by atoms with Gasteiger partial charge in [0, 0.05) is 7.05 Å². The molecule has 0 radical (unpaired) electrons. The quantitative estimate of drug-likeness (QED) is 0.885. The molecule has 7 heteroatoms. The van der Waals surface area contributed by atoms with Gasteiger partial charge < -0.3 is 10.2 Å². The lowest BCUT2D eigenvalue weighted by molar-refractivity contribution is -0.122. The average Bonchev–Trinajstić information content (AvgIpc) is 3.07. The molecule has 1 aliphatic carbocycles. The first-order valence-corrected chi connectivity index (χ1v) is 8.30. The van der Waals surface area contributed by atoms with E-state index < -0.39 is 5.54 Å². The van der Waals surface area contributed by atoms with Crippen LogP contribution in [0.3, 0.4) is 0 Å². The zero-order chi connectivity index (χ0) is 15.5. The van der Waals surface area contributed by atoms with Gasteiger partial charge in [-0.25, -0.2) is 0 Å². The fourth-order valence-electron chi connectivity index (χ4n) is 2.45. The Labute approximate surface area is 136 Å². The average molecular weight is 370 g/mol. The third kappa shape index (κ3) is 3.83. The number of hydrogen-bond acceptors (Lipinski definition) is 4. The largest absolute Gasteiger partial charge is 0.336 e. The van der Waals surface area contributed by atoms with E-state index in [4.69, 9.17) is 0 Å². The molecule has 1 fully saturated rings. The van der Waals surface area contributed by atoms with Crippen LogP contribution in [0.15, 0.2) is 15.9 Å².